The number of carboxylic acids is 1. The third-order valence-corrected chi connectivity index (χ3v) is 2.28. The number of hydrogen-bond acceptors (Lipinski definition) is 4. The number of carbonyl (C=O) groups excluding carboxylic acids is 1. The summed E-state index contributed by atoms with van der Waals surface area (Å²) in [7, 11) is 0. The predicted molar refractivity (Wildman–Crippen MR) is 51.4 cm³/mol. The standard InChI is InChI=1S/C10H9NO4/c11-6-2-1-5-3-8(9(12)13)15-10(14)7(5)4-6/h1-2,4,8H,3,11H2,(H,12,13). The van der Waals surface area contributed by atoms with Crippen LogP contribution in [0, 0.1) is 0 Å². The molecule has 1 aromatic carbocycles. The van der Waals surface area contributed by atoms with Crippen molar-refractivity contribution in [1.29, 1.82) is 0 Å². The third-order valence-electron chi connectivity index (χ3n) is 2.28. The minimum Gasteiger partial charge on any atom is -0.478 e. The zero-order chi connectivity index (χ0) is 11.0. The van der Waals surface area contributed by atoms with E-state index in [1.165, 1.54) is 6.07 Å². The second-order valence-electron chi connectivity index (χ2n) is 3.35. The lowest BCUT2D eigenvalue weighted by molar-refractivity contribution is -0.147. The molecule has 1 atom stereocenters. The summed E-state index contributed by atoms with van der Waals surface area (Å²) < 4.78 is 4.74. The van der Waals surface area contributed by atoms with Crippen molar-refractivity contribution in [3.63, 3.8) is 0 Å². The molecule has 0 fully saturated rings. The van der Waals surface area contributed by atoms with Crippen LogP contribution < -0.4 is 5.73 Å². The van der Waals surface area contributed by atoms with Crippen molar-refractivity contribution >= 4 is 17.6 Å². The van der Waals surface area contributed by atoms with E-state index in [1.54, 1.807) is 12.1 Å². The summed E-state index contributed by atoms with van der Waals surface area (Å²) in [6, 6.07) is 4.78. The van der Waals surface area contributed by atoms with Gasteiger partial charge in [0, 0.05) is 12.1 Å². The van der Waals surface area contributed by atoms with Gasteiger partial charge in [0.25, 0.3) is 0 Å². The van der Waals surface area contributed by atoms with Gasteiger partial charge in [0.05, 0.1) is 5.56 Å². The van der Waals surface area contributed by atoms with E-state index in [9.17, 15) is 9.59 Å². The number of aliphatic carboxylic acids is 1. The van der Waals surface area contributed by atoms with Gasteiger partial charge in [-0.15, -0.1) is 0 Å². The Balaban J connectivity index is 2.41. The van der Waals surface area contributed by atoms with Crippen molar-refractivity contribution in [1.82, 2.24) is 0 Å². The summed E-state index contributed by atoms with van der Waals surface area (Å²) in [4.78, 5) is 22.1. The molecule has 1 unspecified atom stereocenters. The van der Waals surface area contributed by atoms with Gasteiger partial charge in [0.15, 0.2) is 0 Å². The van der Waals surface area contributed by atoms with Gasteiger partial charge < -0.3 is 15.6 Å². The zero-order valence-electron chi connectivity index (χ0n) is 7.77. The van der Waals surface area contributed by atoms with Gasteiger partial charge in [-0.3, -0.25) is 0 Å². The lowest BCUT2D eigenvalue weighted by atomic mass is 9.98. The molecule has 0 amide bonds. The zero-order valence-corrected chi connectivity index (χ0v) is 7.77. The first-order valence-corrected chi connectivity index (χ1v) is 4.40. The molecule has 78 valence electrons. The molecule has 0 aromatic heterocycles. The molecule has 0 radical (unpaired) electrons. The minimum atomic E-state index is -1.13. The maximum absolute atomic E-state index is 11.4. The summed E-state index contributed by atoms with van der Waals surface area (Å²) in [5.41, 5.74) is 6.99. The molecule has 0 bridgehead atoms. The van der Waals surface area contributed by atoms with Crippen LogP contribution in [-0.4, -0.2) is 23.1 Å². The van der Waals surface area contributed by atoms with Crippen molar-refractivity contribution in [2.75, 3.05) is 5.73 Å². The SMILES string of the molecule is Nc1ccc2c(c1)C(=O)OC(C(=O)O)C2. The van der Waals surface area contributed by atoms with E-state index >= 15 is 0 Å². The molecule has 0 aliphatic carbocycles. The van der Waals surface area contributed by atoms with E-state index in [0.717, 1.165) is 0 Å². The van der Waals surface area contributed by atoms with Crippen molar-refractivity contribution in [2.24, 2.45) is 0 Å². The largest absolute Gasteiger partial charge is 0.478 e. The average Bonchev–Trinajstić information content (AvgIpc) is 2.18. The number of carbonyl (C=O) groups is 2. The first-order valence-electron chi connectivity index (χ1n) is 4.40. The van der Waals surface area contributed by atoms with Crippen molar-refractivity contribution < 1.29 is 19.4 Å². The number of nitrogens with two attached hydrogens (primary N) is 1. The highest BCUT2D eigenvalue weighted by atomic mass is 16.6. The molecule has 0 saturated carbocycles. The normalized spacial score (nSPS) is 19.2. The van der Waals surface area contributed by atoms with E-state index in [1.807, 2.05) is 0 Å². The Hall–Kier alpha value is -2.04. The highest BCUT2D eigenvalue weighted by Crippen LogP contribution is 2.22. The number of anilines is 1. The van der Waals surface area contributed by atoms with Crippen LogP contribution in [0.3, 0.4) is 0 Å². The number of nitrogen functional groups attached to an aromatic ring is 1. The van der Waals surface area contributed by atoms with Crippen LogP contribution in [0.15, 0.2) is 18.2 Å². The van der Waals surface area contributed by atoms with Crippen molar-refractivity contribution in [2.45, 2.75) is 12.5 Å². The van der Waals surface area contributed by atoms with Gasteiger partial charge in [0.2, 0.25) is 6.10 Å². The molecule has 5 nitrogen and oxygen atoms in total. The number of esters is 1. The number of fused-ring (bicyclic) bond motifs is 1. The maximum atomic E-state index is 11.4. The minimum absolute atomic E-state index is 0.191. The number of carboxylic acid groups (broad SMARTS) is 1. The van der Waals surface area contributed by atoms with Crippen LogP contribution in [-0.2, 0) is 16.0 Å². The monoisotopic (exact) mass is 207 g/mol. The van der Waals surface area contributed by atoms with Crippen LogP contribution >= 0.6 is 0 Å². The Morgan fingerprint density at radius 2 is 2.27 bits per heavy atom. The van der Waals surface area contributed by atoms with Crippen LogP contribution in [0.4, 0.5) is 5.69 Å². The topological polar surface area (TPSA) is 89.6 Å². The Bertz CT molecular complexity index is 441. The fourth-order valence-corrected chi connectivity index (χ4v) is 1.53. The lowest BCUT2D eigenvalue weighted by Crippen LogP contribution is -2.34. The van der Waals surface area contributed by atoms with Gasteiger partial charge >= 0.3 is 11.9 Å². The van der Waals surface area contributed by atoms with E-state index in [2.05, 4.69) is 0 Å². The third kappa shape index (κ3) is 1.63. The van der Waals surface area contributed by atoms with Gasteiger partial charge in [-0.25, -0.2) is 9.59 Å². The van der Waals surface area contributed by atoms with E-state index in [4.69, 9.17) is 15.6 Å². The summed E-state index contributed by atoms with van der Waals surface area (Å²) in [5.74, 6) is -1.76. The Morgan fingerprint density at radius 1 is 1.53 bits per heavy atom. The molecular formula is C10H9NO4. The van der Waals surface area contributed by atoms with Gasteiger partial charge in [-0.1, -0.05) is 6.07 Å². The summed E-state index contributed by atoms with van der Waals surface area (Å²) in [6.45, 7) is 0. The molecule has 1 aromatic rings. The van der Waals surface area contributed by atoms with Gasteiger partial charge in [-0.05, 0) is 17.7 Å². The maximum Gasteiger partial charge on any atom is 0.345 e. The number of hydrogen-bond donors (Lipinski definition) is 2. The van der Waals surface area contributed by atoms with Crippen molar-refractivity contribution in [3.05, 3.63) is 29.3 Å². The quantitative estimate of drug-likeness (QED) is 0.515. The van der Waals surface area contributed by atoms with Crippen LogP contribution in [0.25, 0.3) is 0 Å². The number of cyclic esters (lactones) is 1. The molecule has 2 rings (SSSR count). The molecule has 0 spiro atoms. The Morgan fingerprint density at radius 3 is 2.93 bits per heavy atom. The summed E-state index contributed by atoms with van der Waals surface area (Å²) >= 11 is 0. The van der Waals surface area contributed by atoms with Crippen LogP contribution in [0.2, 0.25) is 0 Å². The lowest BCUT2D eigenvalue weighted by Gasteiger charge is -2.21. The molecule has 15 heavy (non-hydrogen) atoms. The number of rotatable bonds is 1. The second-order valence-corrected chi connectivity index (χ2v) is 3.35. The molecule has 5 heteroatoms. The highest BCUT2D eigenvalue weighted by molar-refractivity contribution is 5.95. The highest BCUT2D eigenvalue weighted by Gasteiger charge is 2.30. The number of ether oxygens (including phenoxy) is 1. The molecule has 1 aliphatic heterocycles. The van der Waals surface area contributed by atoms with E-state index < -0.39 is 18.0 Å². The van der Waals surface area contributed by atoms with E-state index in [-0.39, 0.29) is 6.42 Å². The number of benzene rings is 1. The fraction of sp³-hybridized carbons (Fsp3) is 0.200. The van der Waals surface area contributed by atoms with Crippen LogP contribution in [0.1, 0.15) is 15.9 Å². The molecule has 1 heterocycles. The predicted octanol–water partition coefficient (Wildman–Crippen LogP) is 0.435. The fourth-order valence-electron chi connectivity index (χ4n) is 1.53. The molecule has 0 saturated heterocycles. The van der Waals surface area contributed by atoms with Gasteiger partial charge in [-0.2, -0.15) is 0 Å². The Kier molecular flexibility index (Phi) is 2.07. The molecule has 1 aliphatic rings. The smallest absolute Gasteiger partial charge is 0.345 e. The van der Waals surface area contributed by atoms with Gasteiger partial charge in [0.1, 0.15) is 0 Å². The van der Waals surface area contributed by atoms with Crippen molar-refractivity contribution in [3.8, 4) is 0 Å². The second kappa shape index (κ2) is 3.27. The first kappa shape index (κ1) is 9.51. The summed E-state index contributed by atoms with van der Waals surface area (Å²) in [5, 5.41) is 8.73. The Labute approximate surface area is 85.5 Å². The van der Waals surface area contributed by atoms with Crippen LogP contribution in [0.5, 0.6) is 0 Å². The molecule has 3 N–H and O–H groups in total. The average molecular weight is 207 g/mol. The molecular weight excluding hydrogens is 198 g/mol. The summed E-state index contributed by atoms with van der Waals surface area (Å²) in [6.07, 6.45) is -0.898. The van der Waals surface area contributed by atoms with E-state index in [0.29, 0.717) is 16.8 Å². The first-order chi connectivity index (χ1) is 7.08.